The fourth-order valence-corrected chi connectivity index (χ4v) is 2.34. The standard InChI is InChI=1S/C17H12FNO2/c1-10-4-2-5-11(8-10)15-9-13(17(20)21)12-6-3-7-14(18)16(12)19-15/h2-9H,1H3,(H,20,21). The summed E-state index contributed by atoms with van der Waals surface area (Å²) in [5.74, 6) is -1.62. The van der Waals surface area contributed by atoms with Crippen molar-refractivity contribution in [3.8, 4) is 11.3 Å². The first-order chi connectivity index (χ1) is 10.1. The van der Waals surface area contributed by atoms with Gasteiger partial charge in [-0.05, 0) is 25.1 Å². The summed E-state index contributed by atoms with van der Waals surface area (Å²) in [6.45, 7) is 1.93. The predicted molar refractivity (Wildman–Crippen MR) is 78.8 cm³/mol. The van der Waals surface area contributed by atoms with Crippen molar-refractivity contribution in [2.45, 2.75) is 6.92 Å². The van der Waals surface area contributed by atoms with E-state index in [9.17, 15) is 14.3 Å². The van der Waals surface area contributed by atoms with E-state index in [4.69, 9.17) is 0 Å². The molecule has 0 atom stereocenters. The highest BCUT2D eigenvalue weighted by Gasteiger charge is 2.15. The van der Waals surface area contributed by atoms with Crippen molar-refractivity contribution in [1.29, 1.82) is 0 Å². The molecule has 0 radical (unpaired) electrons. The molecule has 0 aliphatic carbocycles. The Morgan fingerprint density at radius 1 is 1.14 bits per heavy atom. The van der Waals surface area contributed by atoms with Gasteiger partial charge in [0.05, 0.1) is 11.3 Å². The monoisotopic (exact) mass is 281 g/mol. The lowest BCUT2D eigenvalue weighted by molar-refractivity contribution is 0.0699. The van der Waals surface area contributed by atoms with Crippen LogP contribution in [0, 0.1) is 12.7 Å². The minimum Gasteiger partial charge on any atom is -0.478 e. The first-order valence-electron chi connectivity index (χ1n) is 6.46. The number of fused-ring (bicyclic) bond motifs is 1. The van der Waals surface area contributed by atoms with Gasteiger partial charge in [0.15, 0.2) is 0 Å². The Morgan fingerprint density at radius 2 is 1.90 bits per heavy atom. The van der Waals surface area contributed by atoms with Gasteiger partial charge >= 0.3 is 5.97 Å². The first-order valence-corrected chi connectivity index (χ1v) is 6.46. The summed E-state index contributed by atoms with van der Waals surface area (Å²) in [5.41, 5.74) is 2.38. The second-order valence-electron chi connectivity index (χ2n) is 4.87. The molecule has 3 rings (SSSR count). The highest BCUT2D eigenvalue weighted by molar-refractivity contribution is 6.03. The molecule has 21 heavy (non-hydrogen) atoms. The third-order valence-corrected chi connectivity index (χ3v) is 3.33. The van der Waals surface area contributed by atoms with Crippen LogP contribution in [0.25, 0.3) is 22.2 Å². The molecule has 0 aliphatic rings. The Morgan fingerprint density at radius 3 is 2.62 bits per heavy atom. The zero-order valence-corrected chi connectivity index (χ0v) is 11.3. The van der Waals surface area contributed by atoms with Gasteiger partial charge in [-0.25, -0.2) is 14.2 Å². The number of pyridine rings is 1. The predicted octanol–water partition coefficient (Wildman–Crippen LogP) is 4.05. The van der Waals surface area contributed by atoms with Gasteiger partial charge in [0.1, 0.15) is 11.3 Å². The maximum absolute atomic E-state index is 13.9. The van der Waals surface area contributed by atoms with E-state index >= 15 is 0 Å². The highest BCUT2D eigenvalue weighted by atomic mass is 19.1. The molecular weight excluding hydrogens is 269 g/mol. The van der Waals surface area contributed by atoms with Gasteiger partial charge in [-0.15, -0.1) is 0 Å². The van der Waals surface area contributed by atoms with E-state index < -0.39 is 11.8 Å². The Kier molecular flexibility index (Phi) is 3.14. The van der Waals surface area contributed by atoms with Crippen molar-refractivity contribution < 1.29 is 14.3 Å². The van der Waals surface area contributed by atoms with E-state index in [1.54, 1.807) is 6.07 Å². The molecule has 1 aromatic heterocycles. The summed E-state index contributed by atoms with van der Waals surface area (Å²) < 4.78 is 13.9. The molecule has 1 heterocycles. The molecule has 0 saturated heterocycles. The van der Waals surface area contributed by atoms with Crippen LogP contribution >= 0.6 is 0 Å². The molecular formula is C17H12FNO2. The van der Waals surface area contributed by atoms with Gasteiger partial charge in [0.2, 0.25) is 0 Å². The van der Waals surface area contributed by atoms with E-state index in [0.29, 0.717) is 11.1 Å². The summed E-state index contributed by atoms with van der Waals surface area (Å²) in [7, 11) is 0. The normalized spacial score (nSPS) is 10.8. The quantitative estimate of drug-likeness (QED) is 0.771. The maximum atomic E-state index is 13.9. The van der Waals surface area contributed by atoms with E-state index in [-0.39, 0.29) is 11.1 Å². The zero-order chi connectivity index (χ0) is 15.0. The van der Waals surface area contributed by atoms with Crippen LogP contribution < -0.4 is 0 Å². The molecule has 2 aromatic carbocycles. The number of halogens is 1. The third kappa shape index (κ3) is 2.36. The minimum absolute atomic E-state index is 0.0519. The Bertz CT molecular complexity index is 859. The number of carboxylic acid groups (broad SMARTS) is 1. The fourth-order valence-electron chi connectivity index (χ4n) is 2.34. The number of carboxylic acids is 1. The van der Waals surface area contributed by atoms with Gasteiger partial charge < -0.3 is 5.11 Å². The number of aromatic carboxylic acids is 1. The number of aromatic nitrogens is 1. The van der Waals surface area contributed by atoms with Crippen molar-refractivity contribution in [2.24, 2.45) is 0 Å². The molecule has 0 amide bonds. The second-order valence-corrected chi connectivity index (χ2v) is 4.87. The summed E-state index contributed by atoms with van der Waals surface area (Å²) in [4.78, 5) is 15.7. The van der Waals surface area contributed by atoms with Gasteiger partial charge in [0, 0.05) is 10.9 Å². The van der Waals surface area contributed by atoms with Crippen LogP contribution in [0.5, 0.6) is 0 Å². The number of nitrogens with zero attached hydrogens (tertiary/aromatic N) is 1. The Balaban J connectivity index is 2.35. The van der Waals surface area contributed by atoms with Crippen molar-refractivity contribution in [2.75, 3.05) is 0 Å². The largest absolute Gasteiger partial charge is 0.478 e. The van der Waals surface area contributed by atoms with Gasteiger partial charge in [0.25, 0.3) is 0 Å². The maximum Gasteiger partial charge on any atom is 0.336 e. The number of carbonyl (C=O) groups is 1. The van der Waals surface area contributed by atoms with Crippen molar-refractivity contribution in [1.82, 2.24) is 4.98 Å². The zero-order valence-electron chi connectivity index (χ0n) is 11.3. The van der Waals surface area contributed by atoms with Crippen LogP contribution in [0.2, 0.25) is 0 Å². The van der Waals surface area contributed by atoms with E-state index in [1.165, 1.54) is 18.2 Å². The lowest BCUT2D eigenvalue weighted by Gasteiger charge is -2.08. The van der Waals surface area contributed by atoms with Crippen LogP contribution in [-0.2, 0) is 0 Å². The fraction of sp³-hybridized carbons (Fsp3) is 0.0588. The summed E-state index contributed by atoms with van der Waals surface area (Å²) in [6.07, 6.45) is 0. The summed E-state index contributed by atoms with van der Waals surface area (Å²) in [5, 5.41) is 9.65. The van der Waals surface area contributed by atoms with Crippen LogP contribution in [0.3, 0.4) is 0 Å². The average molecular weight is 281 g/mol. The second kappa shape index (κ2) is 4.98. The molecule has 0 saturated carbocycles. The summed E-state index contributed by atoms with van der Waals surface area (Å²) >= 11 is 0. The van der Waals surface area contributed by atoms with E-state index in [2.05, 4.69) is 4.98 Å². The lowest BCUT2D eigenvalue weighted by atomic mass is 10.0. The number of benzene rings is 2. The average Bonchev–Trinajstić information content (AvgIpc) is 2.46. The number of hydrogen-bond acceptors (Lipinski definition) is 2. The van der Waals surface area contributed by atoms with E-state index in [1.807, 2.05) is 31.2 Å². The molecule has 0 fully saturated rings. The molecule has 0 unspecified atom stereocenters. The van der Waals surface area contributed by atoms with Crippen molar-refractivity contribution in [3.63, 3.8) is 0 Å². The van der Waals surface area contributed by atoms with Gasteiger partial charge in [-0.1, -0.05) is 35.9 Å². The van der Waals surface area contributed by atoms with Crippen LogP contribution in [-0.4, -0.2) is 16.1 Å². The Hall–Kier alpha value is -2.75. The lowest BCUT2D eigenvalue weighted by Crippen LogP contribution is -2.01. The van der Waals surface area contributed by atoms with Gasteiger partial charge in [-0.3, -0.25) is 0 Å². The molecule has 3 aromatic rings. The van der Waals surface area contributed by atoms with Gasteiger partial charge in [-0.2, -0.15) is 0 Å². The number of para-hydroxylation sites is 1. The SMILES string of the molecule is Cc1cccc(-c2cc(C(=O)O)c3cccc(F)c3n2)c1. The summed E-state index contributed by atoms with van der Waals surface area (Å²) in [6, 6.07) is 13.3. The van der Waals surface area contributed by atoms with Crippen LogP contribution in [0.1, 0.15) is 15.9 Å². The molecule has 104 valence electrons. The van der Waals surface area contributed by atoms with Crippen LogP contribution in [0.15, 0.2) is 48.5 Å². The Labute approximate surface area is 120 Å². The molecule has 0 bridgehead atoms. The molecule has 4 heteroatoms. The number of hydrogen-bond donors (Lipinski definition) is 1. The molecule has 1 N–H and O–H groups in total. The first kappa shape index (κ1) is 13.2. The third-order valence-electron chi connectivity index (χ3n) is 3.33. The molecule has 3 nitrogen and oxygen atoms in total. The van der Waals surface area contributed by atoms with Crippen molar-refractivity contribution in [3.05, 3.63) is 65.5 Å². The van der Waals surface area contributed by atoms with E-state index in [0.717, 1.165) is 11.1 Å². The van der Waals surface area contributed by atoms with Crippen LogP contribution in [0.4, 0.5) is 4.39 Å². The topological polar surface area (TPSA) is 50.2 Å². The number of aryl methyl sites for hydroxylation is 1. The smallest absolute Gasteiger partial charge is 0.336 e. The molecule has 0 aliphatic heterocycles. The van der Waals surface area contributed by atoms with Crippen molar-refractivity contribution >= 4 is 16.9 Å². The highest BCUT2D eigenvalue weighted by Crippen LogP contribution is 2.26. The number of rotatable bonds is 2. The molecule has 0 spiro atoms. The minimum atomic E-state index is -1.10.